The highest BCUT2D eigenvalue weighted by Gasteiger charge is 2.40. The second-order valence-corrected chi connectivity index (χ2v) is 9.20. The molecule has 12 heteroatoms. The third kappa shape index (κ3) is 5.28. The first-order valence-electron chi connectivity index (χ1n) is 8.08. The third-order valence-corrected chi connectivity index (χ3v) is 6.63. The van der Waals surface area contributed by atoms with Gasteiger partial charge in [-0.2, -0.15) is 5.10 Å². The van der Waals surface area contributed by atoms with Crippen molar-refractivity contribution in [1.82, 2.24) is 20.0 Å². The molecule has 0 radical (unpaired) electrons. The van der Waals surface area contributed by atoms with Gasteiger partial charge in [-0.05, 0) is 20.8 Å². The maximum Gasteiger partial charge on any atom is 0.306 e. The maximum absolute atomic E-state index is 12.1. The van der Waals surface area contributed by atoms with E-state index in [0.717, 1.165) is 0 Å². The summed E-state index contributed by atoms with van der Waals surface area (Å²) in [7, 11) is -3.11. The van der Waals surface area contributed by atoms with Gasteiger partial charge in [-0.15, -0.1) is 24.0 Å². The van der Waals surface area contributed by atoms with Crippen molar-refractivity contribution in [3.05, 3.63) is 22.5 Å². The summed E-state index contributed by atoms with van der Waals surface area (Å²) in [6.07, 6.45) is 2.56. The Hall–Kier alpha value is -1.44. The smallest absolute Gasteiger partial charge is 0.306 e. The zero-order valence-electron chi connectivity index (χ0n) is 15.1. The number of guanidine groups is 1. The van der Waals surface area contributed by atoms with E-state index in [1.165, 1.54) is 17.1 Å². The molecule has 1 aliphatic rings. The summed E-state index contributed by atoms with van der Waals surface area (Å²) < 4.78 is 24.9. The van der Waals surface area contributed by atoms with Crippen molar-refractivity contribution in [3.8, 4) is 0 Å². The van der Waals surface area contributed by atoms with Gasteiger partial charge in [0.25, 0.3) is 0 Å². The summed E-state index contributed by atoms with van der Waals surface area (Å²) in [6, 6.07) is 0. The van der Waals surface area contributed by atoms with E-state index in [2.05, 4.69) is 15.4 Å². The van der Waals surface area contributed by atoms with Crippen LogP contribution >= 0.6 is 24.0 Å². The SMILES string of the molecule is CCNC(=NCCn1cc([N+](=O)[O-])cn1)N1CCS(=O)(=O)C(C)(C)C1.I. The molecule has 2 rings (SSSR count). The molecule has 0 saturated carbocycles. The highest BCUT2D eigenvalue weighted by atomic mass is 127. The molecule has 148 valence electrons. The van der Waals surface area contributed by atoms with Crippen LogP contribution in [-0.2, 0) is 16.4 Å². The number of hydrogen-bond donors (Lipinski definition) is 1. The van der Waals surface area contributed by atoms with E-state index in [0.29, 0.717) is 38.7 Å². The van der Waals surface area contributed by atoms with Crippen LogP contribution in [0.4, 0.5) is 5.69 Å². The lowest BCUT2D eigenvalue weighted by atomic mass is 10.2. The standard InChI is InChI=1S/C14H24N6O4S.HI/c1-4-15-13(18-7-8-25(23,24)14(2,3)11-18)16-5-6-19-10-12(9-17-19)20(21)22;/h9-10H,4-8,11H2,1-3H3,(H,15,16);1H. The van der Waals surface area contributed by atoms with Crippen LogP contribution in [0.2, 0.25) is 0 Å². The lowest BCUT2D eigenvalue weighted by molar-refractivity contribution is -0.385. The van der Waals surface area contributed by atoms with Gasteiger partial charge in [0.2, 0.25) is 0 Å². The normalized spacial score (nSPS) is 18.9. The van der Waals surface area contributed by atoms with Crippen molar-refractivity contribution in [2.45, 2.75) is 32.1 Å². The molecule has 0 aliphatic carbocycles. The third-order valence-electron chi connectivity index (χ3n) is 4.10. The fraction of sp³-hybridized carbons (Fsp3) is 0.714. The quantitative estimate of drug-likeness (QED) is 0.209. The highest BCUT2D eigenvalue weighted by Crippen LogP contribution is 2.23. The molecule has 0 aromatic carbocycles. The fourth-order valence-corrected chi connectivity index (χ4v) is 3.94. The Bertz CT molecular complexity index is 761. The van der Waals surface area contributed by atoms with Gasteiger partial charge < -0.3 is 10.2 Å². The van der Waals surface area contributed by atoms with E-state index in [-0.39, 0.29) is 35.4 Å². The topological polar surface area (TPSA) is 123 Å². The lowest BCUT2D eigenvalue weighted by Gasteiger charge is -2.39. The molecule has 0 bridgehead atoms. The Morgan fingerprint density at radius 1 is 1.50 bits per heavy atom. The predicted octanol–water partition coefficient (Wildman–Crippen LogP) is 0.884. The minimum absolute atomic E-state index is 0. The number of rotatable bonds is 5. The Morgan fingerprint density at radius 2 is 2.19 bits per heavy atom. The monoisotopic (exact) mass is 500 g/mol. The Morgan fingerprint density at radius 3 is 2.73 bits per heavy atom. The largest absolute Gasteiger partial charge is 0.357 e. The van der Waals surface area contributed by atoms with Crippen molar-refractivity contribution < 1.29 is 13.3 Å². The van der Waals surface area contributed by atoms with E-state index in [1.807, 2.05) is 11.8 Å². The number of nitrogens with zero attached hydrogens (tertiary/aromatic N) is 5. The first kappa shape index (κ1) is 22.6. The molecule has 1 saturated heterocycles. The summed E-state index contributed by atoms with van der Waals surface area (Å²) >= 11 is 0. The lowest BCUT2D eigenvalue weighted by Crippen LogP contribution is -2.57. The molecule has 0 amide bonds. The van der Waals surface area contributed by atoms with Crippen LogP contribution in [0, 0.1) is 10.1 Å². The summed E-state index contributed by atoms with van der Waals surface area (Å²) in [5.74, 6) is 0.739. The number of nitro groups is 1. The Labute approximate surface area is 170 Å². The van der Waals surface area contributed by atoms with Crippen molar-refractivity contribution in [3.63, 3.8) is 0 Å². The molecule has 26 heavy (non-hydrogen) atoms. The van der Waals surface area contributed by atoms with Gasteiger partial charge in [-0.3, -0.25) is 19.8 Å². The zero-order valence-corrected chi connectivity index (χ0v) is 18.2. The van der Waals surface area contributed by atoms with Gasteiger partial charge in [-0.25, -0.2) is 8.42 Å². The van der Waals surface area contributed by atoms with E-state index in [4.69, 9.17) is 0 Å². The first-order chi connectivity index (χ1) is 11.7. The molecule has 1 aliphatic heterocycles. The predicted molar refractivity (Wildman–Crippen MR) is 110 cm³/mol. The Balaban J connectivity index is 0.00000338. The van der Waals surface area contributed by atoms with Gasteiger partial charge in [-0.1, -0.05) is 0 Å². The van der Waals surface area contributed by atoms with E-state index in [1.54, 1.807) is 13.8 Å². The molecule has 10 nitrogen and oxygen atoms in total. The van der Waals surface area contributed by atoms with Crippen LogP contribution in [0.25, 0.3) is 0 Å². The molecular weight excluding hydrogens is 475 g/mol. The molecule has 1 fully saturated rings. The van der Waals surface area contributed by atoms with Crippen LogP contribution in [0.15, 0.2) is 17.4 Å². The van der Waals surface area contributed by atoms with Crippen LogP contribution in [0.3, 0.4) is 0 Å². The maximum atomic E-state index is 12.1. The number of aromatic nitrogens is 2. The zero-order chi connectivity index (χ0) is 18.7. The number of sulfone groups is 1. The average molecular weight is 500 g/mol. The van der Waals surface area contributed by atoms with Gasteiger partial charge in [0.1, 0.15) is 12.4 Å². The van der Waals surface area contributed by atoms with Crippen LogP contribution in [0.5, 0.6) is 0 Å². The summed E-state index contributed by atoms with van der Waals surface area (Å²) in [4.78, 5) is 16.6. The summed E-state index contributed by atoms with van der Waals surface area (Å²) in [5, 5.41) is 17.8. The highest BCUT2D eigenvalue weighted by molar-refractivity contribution is 14.0. The second-order valence-electron chi connectivity index (χ2n) is 6.45. The van der Waals surface area contributed by atoms with Crippen LogP contribution in [0.1, 0.15) is 20.8 Å². The summed E-state index contributed by atoms with van der Waals surface area (Å²) in [6.45, 7) is 7.60. The molecule has 2 heterocycles. The number of hydrogen-bond acceptors (Lipinski definition) is 6. The minimum Gasteiger partial charge on any atom is -0.357 e. The van der Waals surface area contributed by atoms with E-state index < -0.39 is 19.5 Å². The van der Waals surface area contributed by atoms with Crippen molar-refractivity contribution >= 4 is 45.5 Å². The van der Waals surface area contributed by atoms with Gasteiger partial charge in [0.15, 0.2) is 15.8 Å². The van der Waals surface area contributed by atoms with Crippen molar-refractivity contribution in [1.29, 1.82) is 0 Å². The number of halogens is 1. The Kier molecular flexibility index (Phi) is 7.80. The molecule has 0 atom stereocenters. The molecule has 1 aromatic heterocycles. The van der Waals surface area contributed by atoms with Crippen LogP contribution < -0.4 is 5.32 Å². The van der Waals surface area contributed by atoms with Crippen molar-refractivity contribution in [2.24, 2.45) is 4.99 Å². The number of aliphatic imine (C=N–C) groups is 1. The molecular formula is C14H25IN6O4S. The number of nitrogens with one attached hydrogen (secondary N) is 1. The average Bonchev–Trinajstić information content (AvgIpc) is 2.98. The minimum atomic E-state index is -3.11. The van der Waals surface area contributed by atoms with E-state index >= 15 is 0 Å². The molecule has 0 spiro atoms. The fourth-order valence-electron chi connectivity index (χ4n) is 2.58. The van der Waals surface area contributed by atoms with Gasteiger partial charge in [0, 0.05) is 19.6 Å². The van der Waals surface area contributed by atoms with Gasteiger partial charge >= 0.3 is 5.69 Å². The van der Waals surface area contributed by atoms with Crippen LogP contribution in [-0.4, -0.2) is 70.7 Å². The first-order valence-corrected chi connectivity index (χ1v) is 9.74. The summed E-state index contributed by atoms with van der Waals surface area (Å²) in [5.41, 5.74) is -0.0566. The molecule has 1 N–H and O–H groups in total. The van der Waals surface area contributed by atoms with Crippen molar-refractivity contribution in [2.75, 3.05) is 31.9 Å². The molecule has 1 aromatic rings. The second kappa shape index (κ2) is 8.97. The van der Waals surface area contributed by atoms with E-state index in [9.17, 15) is 18.5 Å². The molecule has 0 unspecified atom stereocenters. The van der Waals surface area contributed by atoms with Gasteiger partial charge in [0.05, 0.1) is 28.5 Å².